The van der Waals surface area contributed by atoms with Gasteiger partial charge in [-0.15, -0.1) is 0 Å². The van der Waals surface area contributed by atoms with Gasteiger partial charge in [-0.25, -0.2) is 4.98 Å². The van der Waals surface area contributed by atoms with Crippen molar-refractivity contribution >= 4 is 17.5 Å². The van der Waals surface area contributed by atoms with Gasteiger partial charge < -0.3 is 14.7 Å². The van der Waals surface area contributed by atoms with Gasteiger partial charge in [-0.1, -0.05) is 54.1 Å². The minimum atomic E-state index is -0.927. The van der Waals surface area contributed by atoms with Gasteiger partial charge in [-0.05, 0) is 54.8 Å². The number of halogens is 1. The van der Waals surface area contributed by atoms with Gasteiger partial charge in [0.2, 0.25) is 0 Å². The maximum absolute atomic E-state index is 13.5. The predicted octanol–water partition coefficient (Wildman–Crippen LogP) is 5.33. The van der Waals surface area contributed by atoms with E-state index in [2.05, 4.69) is 0 Å². The molecule has 0 saturated carbocycles. The number of piperidine rings is 1. The number of likely N-dealkylation sites (tertiary alicyclic amines) is 1. The number of hydrogen-bond donors (Lipinski definition) is 1. The van der Waals surface area contributed by atoms with E-state index in [1.54, 1.807) is 24.3 Å². The summed E-state index contributed by atoms with van der Waals surface area (Å²) in [5.74, 6) is 1.16. The summed E-state index contributed by atoms with van der Waals surface area (Å²) in [4.78, 5) is 20.0. The van der Waals surface area contributed by atoms with Crippen LogP contribution in [0.15, 0.2) is 85.1 Å². The molecule has 1 fully saturated rings. The van der Waals surface area contributed by atoms with Gasteiger partial charge in [-0.3, -0.25) is 9.36 Å². The quantitative estimate of drug-likeness (QED) is 0.413. The molecule has 0 aliphatic carbocycles. The van der Waals surface area contributed by atoms with Crippen LogP contribution in [-0.2, 0) is 5.60 Å². The van der Waals surface area contributed by atoms with Crippen LogP contribution in [-0.4, -0.2) is 45.7 Å². The molecular formula is C28H26ClN3O3. The number of imidazole rings is 1. The molecule has 1 aliphatic heterocycles. The van der Waals surface area contributed by atoms with Crippen molar-refractivity contribution in [3.8, 4) is 22.8 Å². The van der Waals surface area contributed by atoms with E-state index in [1.807, 2.05) is 77.4 Å². The van der Waals surface area contributed by atoms with Gasteiger partial charge in [0.1, 0.15) is 17.3 Å². The third-order valence-electron chi connectivity index (χ3n) is 6.58. The molecule has 1 aromatic heterocycles. The highest BCUT2D eigenvalue weighted by molar-refractivity contribution is 6.33. The molecule has 1 N–H and O–H groups in total. The number of rotatable bonds is 5. The van der Waals surface area contributed by atoms with Crippen LogP contribution in [0.25, 0.3) is 17.1 Å². The summed E-state index contributed by atoms with van der Waals surface area (Å²) >= 11 is 6.50. The number of methoxy groups -OCH3 is 1. The van der Waals surface area contributed by atoms with Crippen molar-refractivity contribution in [3.63, 3.8) is 0 Å². The number of carbonyl (C=O) groups is 1. The van der Waals surface area contributed by atoms with Crippen LogP contribution in [0.1, 0.15) is 28.9 Å². The van der Waals surface area contributed by atoms with Crippen LogP contribution < -0.4 is 4.74 Å². The Morgan fingerprint density at radius 1 is 0.971 bits per heavy atom. The number of benzene rings is 3. The van der Waals surface area contributed by atoms with E-state index < -0.39 is 5.60 Å². The molecule has 6 nitrogen and oxygen atoms in total. The summed E-state index contributed by atoms with van der Waals surface area (Å²) in [6, 6.07) is 24.6. The van der Waals surface area contributed by atoms with Gasteiger partial charge in [-0.2, -0.15) is 0 Å². The fourth-order valence-electron chi connectivity index (χ4n) is 4.53. The van der Waals surface area contributed by atoms with Gasteiger partial charge in [0, 0.05) is 30.5 Å². The number of aromatic nitrogens is 2. The lowest BCUT2D eigenvalue weighted by molar-refractivity contribution is -0.0212. The fraction of sp³-hybridized carbons (Fsp3) is 0.214. The summed E-state index contributed by atoms with van der Waals surface area (Å²) < 4.78 is 7.16. The topological polar surface area (TPSA) is 67.6 Å². The van der Waals surface area contributed by atoms with Crippen LogP contribution in [0.2, 0.25) is 5.02 Å². The average molecular weight is 488 g/mol. The van der Waals surface area contributed by atoms with E-state index >= 15 is 0 Å². The van der Waals surface area contributed by atoms with Crippen molar-refractivity contribution in [1.29, 1.82) is 0 Å². The molecule has 3 aromatic carbocycles. The first-order valence-corrected chi connectivity index (χ1v) is 11.9. The number of amides is 1. The second kappa shape index (κ2) is 9.56. The molecule has 2 heterocycles. The Morgan fingerprint density at radius 2 is 1.63 bits per heavy atom. The van der Waals surface area contributed by atoms with Crippen molar-refractivity contribution < 1.29 is 14.6 Å². The van der Waals surface area contributed by atoms with E-state index in [9.17, 15) is 9.90 Å². The zero-order chi connectivity index (χ0) is 24.4. The van der Waals surface area contributed by atoms with Crippen LogP contribution in [0, 0.1) is 0 Å². The van der Waals surface area contributed by atoms with Gasteiger partial charge in [0.15, 0.2) is 0 Å². The van der Waals surface area contributed by atoms with E-state index in [0.29, 0.717) is 42.5 Å². The molecule has 0 radical (unpaired) electrons. The summed E-state index contributed by atoms with van der Waals surface area (Å²) in [5.41, 5.74) is 1.87. The molecule has 5 rings (SSSR count). The number of hydrogen-bond acceptors (Lipinski definition) is 4. The number of carbonyl (C=O) groups excluding carboxylic acids is 1. The molecule has 0 bridgehead atoms. The number of nitrogens with zero attached hydrogens (tertiary/aromatic N) is 3. The van der Waals surface area contributed by atoms with Crippen molar-refractivity contribution in [3.05, 3.63) is 101 Å². The van der Waals surface area contributed by atoms with Crippen LogP contribution in [0.5, 0.6) is 5.75 Å². The molecule has 7 heteroatoms. The lowest BCUT2D eigenvalue weighted by Crippen LogP contribution is -2.45. The predicted molar refractivity (Wildman–Crippen MR) is 136 cm³/mol. The van der Waals surface area contributed by atoms with E-state index in [0.717, 1.165) is 22.6 Å². The summed E-state index contributed by atoms with van der Waals surface area (Å²) in [6.07, 6.45) is 2.69. The normalized spacial score (nSPS) is 15.1. The SMILES string of the molecule is COc1ccc(-n2cc(C(=O)N3CCC(O)(c4ccccc4)CC3)nc2-c2ccccc2Cl)cc1. The van der Waals surface area contributed by atoms with E-state index in [1.165, 1.54) is 0 Å². The molecule has 0 unspecified atom stereocenters. The number of ether oxygens (including phenoxy) is 1. The summed E-state index contributed by atoms with van der Waals surface area (Å²) in [7, 11) is 1.62. The molecule has 178 valence electrons. The van der Waals surface area contributed by atoms with Crippen molar-refractivity contribution in [2.24, 2.45) is 0 Å². The zero-order valence-electron chi connectivity index (χ0n) is 19.4. The maximum atomic E-state index is 13.5. The summed E-state index contributed by atoms with van der Waals surface area (Å²) in [5, 5.41) is 11.7. The highest BCUT2D eigenvalue weighted by Gasteiger charge is 2.36. The minimum absolute atomic E-state index is 0.166. The van der Waals surface area contributed by atoms with Gasteiger partial charge in [0.05, 0.1) is 17.7 Å². The Kier molecular flexibility index (Phi) is 6.32. The average Bonchev–Trinajstić information content (AvgIpc) is 3.35. The molecule has 35 heavy (non-hydrogen) atoms. The Balaban J connectivity index is 1.45. The smallest absolute Gasteiger partial charge is 0.274 e. The standard InChI is InChI=1S/C28H26ClN3O3/c1-35-22-13-11-21(12-14-22)32-19-25(30-26(32)23-9-5-6-10-24(23)29)27(33)31-17-15-28(34,16-18-31)20-7-3-2-4-8-20/h2-14,19,34H,15-18H2,1H3. The Labute approximate surface area is 209 Å². The number of aliphatic hydroxyl groups is 1. The monoisotopic (exact) mass is 487 g/mol. The Bertz CT molecular complexity index is 1330. The third-order valence-corrected chi connectivity index (χ3v) is 6.91. The zero-order valence-corrected chi connectivity index (χ0v) is 20.2. The van der Waals surface area contributed by atoms with Gasteiger partial charge in [0.25, 0.3) is 5.91 Å². The summed E-state index contributed by atoms with van der Waals surface area (Å²) in [6.45, 7) is 0.891. The Morgan fingerprint density at radius 3 is 2.29 bits per heavy atom. The van der Waals surface area contributed by atoms with E-state index in [4.69, 9.17) is 21.3 Å². The van der Waals surface area contributed by atoms with Gasteiger partial charge >= 0.3 is 0 Å². The molecule has 1 aliphatic rings. The molecule has 4 aromatic rings. The highest BCUT2D eigenvalue weighted by atomic mass is 35.5. The van der Waals surface area contributed by atoms with Crippen molar-refractivity contribution in [2.75, 3.05) is 20.2 Å². The van der Waals surface area contributed by atoms with Crippen LogP contribution >= 0.6 is 11.6 Å². The van der Waals surface area contributed by atoms with Crippen LogP contribution in [0.3, 0.4) is 0 Å². The fourth-order valence-corrected chi connectivity index (χ4v) is 4.75. The lowest BCUT2D eigenvalue weighted by atomic mass is 9.84. The first-order valence-electron chi connectivity index (χ1n) is 11.5. The molecule has 0 spiro atoms. The van der Waals surface area contributed by atoms with Crippen LogP contribution in [0.4, 0.5) is 0 Å². The molecule has 0 atom stereocenters. The second-order valence-corrected chi connectivity index (χ2v) is 9.09. The molecule has 1 saturated heterocycles. The maximum Gasteiger partial charge on any atom is 0.274 e. The first-order chi connectivity index (χ1) is 17.0. The molecular weight excluding hydrogens is 462 g/mol. The largest absolute Gasteiger partial charge is 0.497 e. The second-order valence-electron chi connectivity index (χ2n) is 8.69. The highest BCUT2D eigenvalue weighted by Crippen LogP contribution is 2.34. The minimum Gasteiger partial charge on any atom is -0.497 e. The first kappa shape index (κ1) is 23.1. The van der Waals surface area contributed by atoms with Crippen molar-refractivity contribution in [2.45, 2.75) is 18.4 Å². The van der Waals surface area contributed by atoms with E-state index in [-0.39, 0.29) is 5.91 Å². The van der Waals surface area contributed by atoms with Crippen molar-refractivity contribution in [1.82, 2.24) is 14.5 Å². The Hall–Kier alpha value is -3.61. The lowest BCUT2D eigenvalue weighted by Gasteiger charge is -2.38. The molecule has 1 amide bonds. The third kappa shape index (κ3) is 4.55.